The van der Waals surface area contributed by atoms with Crippen LogP contribution in [-0.2, 0) is 37.9 Å². The normalized spacial score (nSPS) is 8.77. The third kappa shape index (κ3) is 7.72. The Morgan fingerprint density at radius 3 is 2.23 bits per heavy atom. The van der Waals surface area contributed by atoms with Crippen molar-refractivity contribution in [2.75, 3.05) is 0 Å². The molecule has 0 aromatic heterocycles. The van der Waals surface area contributed by atoms with Gasteiger partial charge >= 0.3 is 88.4 Å². The van der Waals surface area contributed by atoms with Gasteiger partial charge in [-0.25, -0.2) is 0 Å². The first-order chi connectivity index (χ1) is 6.06. The summed E-state index contributed by atoms with van der Waals surface area (Å²) in [5, 5.41) is 0. The summed E-state index contributed by atoms with van der Waals surface area (Å²) < 4.78 is 9.06. The molecule has 4 nitrogen and oxygen atoms in total. The van der Waals surface area contributed by atoms with Gasteiger partial charge in [0.15, 0.2) is 0 Å². The number of ether oxygens (including phenoxy) is 1. The molecule has 0 saturated heterocycles. The zero-order chi connectivity index (χ0) is 10.3. The molecule has 0 spiro atoms. The van der Waals surface area contributed by atoms with Crippen LogP contribution in [0.3, 0.4) is 0 Å². The summed E-state index contributed by atoms with van der Waals surface area (Å²) in [7, 11) is 0. The molecule has 5 heteroatoms. The predicted octanol–water partition coefficient (Wildman–Crippen LogP) is 1.24. The number of hydrogen-bond donors (Lipinski definition) is 0. The summed E-state index contributed by atoms with van der Waals surface area (Å²) in [5.41, 5.74) is 0.895. The van der Waals surface area contributed by atoms with Crippen LogP contribution in [0.5, 0.6) is 0 Å². The summed E-state index contributed by atoms with van der Waals surface area (Å²) in [6.07, 6.45) is 1.48. The van der Waals surface area contributed by atoms with Gasteiger partial charge in [0, 0.05) is 0 Å². The van der Waals surface area contributed by atoms with E-state index in [2.05, 4.69) is 3.39 Å². The van der Waals surface area contributed by atoms with E-state index in [1.807, 2.05) is 13.8 Å². The third-order valence-corrected chi connectivity index (χ3v) is 1.51. The number of carbonyl (C=O) groups is 2. The number of rotatable bonds is 4. The van der Waals surface area contributed by atoms with E-state index in [1.54, 1.807) is 0 Å². The van der Waals surface area contributed by atoms with Gasteiger partial charge in [-0.05, 0) is 0 Å². The SMILES string of the molecule is CC(C)=COC(=O)CCC(=O)[O][Mo]. The van der Waals surface area contributed by atoms with Gasteiger partial charge in [0.1, 0.15) is 0 Å². The Balaban J connectivity index is 3.64. The first kappa shape index (κ1) is 12.4. The molecule has 0 aliphatic heterocycles. The van der Waals surface area contributed by atoms with E-state index in [0.29, 0.717) is 0 Å². The topological polar surface area (TPSA) is 52.6 Å². The standard InChI is InChI=1S/C8H12O4.Mo/c1-6(2)5-12-8(11)4-3-7(9)10;/h5H,3-4H2,1-2H3,(H,9,10);/q;+1/p-1. The quantitative estimate of drug-likeness (QED) is 0.437. The second-order valence-corrected chi connectivity index (χ2v) is 3.05. The van der Waals surface area contributed by atoms with Gasteiger partial charge in [0.25, 0.3) is 0 Å². The van der Waals surface area contributed by atoms with E-state index in [0.717, 1.165) is 5.57 Å². The van der Waals surface area contributed by atoms with E-state index in [1.165, 1.54) is 26.5 Å². The number of hydrogen-bond acceptors (Lipinski definition) is 4. The molecule has 0 aliphatic carbocycles. The Morgan fingerprint density at radius 1 is 1.23 bits per heavy atom. The van der Waals surface area contributed by atoms with Crippen molar-refractivity contribution in [3.05, 3.63) is 11.8 Å². The monoisotopic (exact) mass is 269 g/mol. The molecule has 0 radical (unpaired) electrons. The van der Waals surface area contributed by atoms with E-state index in [-0.39, 0.29) is 12.8 Å². The van der Waals surface area contributed by atoms with Crippen LogP contribution in [0.2, 0.25) is 0 Å². The number of carbonyl (C=O) groups excluding carboxylic acids is 2. The van der Waals surface area contributed by atoms with Crippen molar-refractivity contribution < 1.29 is 37.9 Å². The summed E-state index contributed by atoms with van der Waals surface area (Å²) >= 11 is 1.22. The minimum absolute atomic E-state index is 0.0536. The molecule has 0 atom stereocenters. The predicted molar refractivity (Wildman–Crippen MR) is 40.8 cm³/mol. The maximum absolute atomic E-state index is 10.9. The molecular weight excluding hydrogens is 256 g/mol. The number of allylic oxidation sites excluding steroid dienone is 1. The van der Waals surface area contributed by atoms with Gasteiger partial charge in [0.2, 0.25) is 0 Å². The molecule has 0 unspecified atom stereocenters. The van der Waals surface area contributed by atoms with Crippen LogP contribution < -0.4 is 0 Å². The molecule has 0 aromatic rings. The van der Waals surface area contributed by atoms with E-state index >= 15 is 0 Å². The van der Waals surface area contributed by atoms with Crippen molar-refractivity contribution in [3.8, 4) is 0 Å². The zero-order valence-electron chi connectivity index (χ0n) is 7.53. The average molecular weight is 267 g/mol. The van der Waals surface area contributed by atoms with Crippen LogP contribution in [0.25, 0.3) is 0 Å². The first-order valence-corrected chi connectivity index (χ1v) is 4.53. The van der Waals surface area contributed by atoms with Gasteiger partial charge in [-0.2, -0.15) is 0 Å². The van der Waals surface area contributed by atoms with Crippen LogP contribution in [0.4, 0.5) is 0 Å². The molecule has 73 valence electrons. The second kappa shape index (κ2) is 6.84. The van der Waals surface area contributed by atoms with E-state index < -0.39 is 11.9 Å². The Morgan fingerprint density at radius 2 is 1.77 bits per heavy atom. The Bertz CT molecular complexity index is 218. The summed E-state index contributed by atoms with van der Waals surface area (Å²) in [4.78, 5) is 21.5. The van der Waals surface area contributed by atoms with Crippen molar-refractivity contribution in [2.24, 2.45) is 0 Å². The van der Waals surface area contributed by atoms with Crippen molar-refractivity contribution >= 4 is 11.9 Å². The molecule has 0 aromatic carbocycles. The van der Waals surface area contributed by atoms with Crippen molar-refractivity contribution in [1.82, 2.24) is 0 Å². The molecule has 13 heavy (non-hydrogen) atoms. The van der Waals surface area contributed by atoms with Crippen LogP contribution in [0.15, 0.2) is 11.8 Å². The van der Waals surface area contributed by atoms with Gasteiger partial charge in [-0.3, -0.25) is 0 Å². The van der Waals surface area contributed by atoms with Gasteiger partial charge in [0.05, 0.1) is 0 Å². The van der Waals surface area contributed by atoms with Crippen molar-refractivity contribution in [2.45, 2.75) is 26.7 Å². The summed E-state index contributed by atoms with van der Waals surface area (Å²) in [5.74, 6) is -0.827. The van der Waals surface area contributed by atoms with Gasteiger partial charge in [-0.1, -0.05) is 0 Å². The molecule has 0 bridgehead atoms. The van der Waals surface area contributed by atoms with Gasteiger partial charge < -0.3 is 0 Å². The zero-order valence-corrected chi connectivity index (χ0v) is 9.54. The molecular formula is C8H11MoO4. The van der Waals surface area contributed by atoms with Crippen LogP contribution >= 0.6 is 0 Å². The van der Waals surface area contributed by atoms with E-state index in [4.69, 9.17) is 4.74 Å². The van der Waals surface area contributed by atoms with Crippen molar-refractivity contribution in [3.63, 3.8) is 0 Å². The van der Waals surface area contributed by atoms with Gasteiger partial charge in [-0.15, -0.1) is 0 Å². The second-order valence-electron chi connectivity index (χ2n) is 2.64. The Labute approximate surface area is 88.6 Å². The van der Waals surface area contributed by atoms with E-state index in [9.17, 15) is 9.59 Å². The molecule has 0 rings (SSSR count). The summed E-state index contributed by atoms with van der Waals surface area (Å²) in [6, 6.07) is 0. The molecule has 0 fully saturated rings. The number of esters is 1. The fourth-order valence-corrected chi connectivity index (χ4v) is 0.693. The Kier molecular flexibility index (Phi) is 6.51. The van der Waals surface area contributed by atoms with Crippen molar-refractivity contribution in [1.29, 1.82) is 0 Å². The third-order valence-electron chi connectivity index (χ3n) is 1.05. The molecule has 0 N–H and O–H groups in total. The minimum atomic E-state index is -0.423. The Hall–Kier alpha value is -0.632. The maximum atomic E-state index is 10.9. The van der Waals surface area contributed by atoms with Crippen LogP contribution in [0.1, 0.15) is 26.7 Å². The fraction of sp³-hybridized carbons (Fsp3) is 0.500. The molecule has 0 aliphatic rings. The van der Waals surface area contributed by atoms with Crippen LogP contribution in [-0.4, -0.2) is 11.9 Å². The first-order valence-electron chi connectivity index (χ1n) is 3.71. The van der Waals surface area contributed by atoms with Crippen LogP contribution in [0, 0.1) is 0 Å². The molecule has 0 heterocycles. The molecule has 0 amide bonds. The fourth-order valence-electron chi connectivity index (χ4n) is 0.488. The molecule has 0 saturated carbocycles. The average Bonchev–Trinajstić information content (AvgIpc) is 2.10. The summed E-state index contributed by atoms with van der Waals surface area (Å²) in [6.45, 7) is 3.63.